The van der Waals surface area contributed by atoms with Crippen molar-refractivity contribution in [3.63, 3.8) is 0 Å². The number of aryl methyl sites for hydroxylation is 1. The van der Waals surface area contributed by atoms with Gasteiger partial charge in [-0.05, 0) is 24.3 Å². The Morgan fingerprint density at radius 1 is 1.11 bits per heavy atom. The molecule has 0 aliphatic heterocycles. The van der Waals surface area contributed by atoms with Gasteiger partial charge >= 0.3 is 12.4 Å². The van der Waals surface area contributed by atoms with Gasteiger partial charge in [-0.1, -0.05) is 6.07 Å². The lowest BCUT2D eigenvalue weighted by Crippen LogP contribution is -2.49. The third-order valence-corrected chi connectivity index (χ3v) is 3.37. The minimum atomic E-state index is -5.37. The Hall–Kier alpha value is -0.760. The van der Waals surface area contributed by atoms with Crippen molar-refractivity contribution in [2.75, 3.05) is 0 Å². The smallest absolute Gasteiger partial charge is 0.327 e. The van der Waals surface area contributed by atoms with Crippen LogP contribution in [0.3, 0.4) is 0 Å². The summed E-state index contributed by atoms with van der Waals surface area (Å²) in [5.41, 5.74) is 5.07. The summed E-state index contributed by atoms with van der Waals surface area (Å²) < 4.78 is 74.0. The average Bonchev–Trinajstić information content (AvgIpc) is 2.61. The van der Waals surface area contributed by atoms with Gasteiger partial charge in [0, 0.05) is 10.9 Å². The minimum Gasteiger partial charge on any atom is -0.327 e. The zero-order valence-corrected chi connectivity index (χ0v) is 9.87. The molecule has 1 atom stereocenters. The van der Waals surface area contributed by atoms with Gasteiger partial charge in [-0.15, -0.1) is 11.3 Å². The second-order valence-corrected chi connectivity index (χ2v) is 4.88. The van der Waals surface area contributed by atoms with Gasteiger partial charge in [-0.25, -0.2) is 0 Å². The third kappa shape index (κ3) is 4.16. The highest BCUT2D eigenvalue weighted by molar-refractivity contribution is 7.09. The predicted molar refractivity (Wildman–Crippen MR) is 56.2 cm³/mol. The molecular weight excluding hydrogens is 280 g/mol. The van der Waals surface area contributed by atoms with Crippen LogP contribution in [0.1, 0.15) is 11.3 Å². The summed E-state index contributed by atoms with van der Waals surface area (Å²) in [6, 6.07) is 1.34. The fourth-order valence-corrected chi connectivity index (χ4v) is 2.33. The van der Waals surface area contributed by atoms with Crippen LogP contribution in [0.2, 0.25) is 0 Å². The summed E-state index contributed by atoms with van der Waals surface area (Å²) in [5.74, 6) is -3.47. The summed E-state index contributed by atoms with van der Waals surface area (Å²) >= 11 is 1.27. The van der Waals surface area contributed by atoms with Gasteiger partial charge in [0.2, 0.25) is 0 Å². The molecule has 1 unspecified atom stereocenters. The molecule has 18 heavy (non-hydrogen) atoms. The number of thiophene rings is 1. The van der Waals surface area contributed by atoms with Gasteiger partial charge in [-0.2, -0.15) is 26.3 Å². The molecular formula is C10H11F6NS. The molecule has 1 heterocycles. The van der Waals surface area contributed by atoms with Crippen molar-refractivity contribution < 1.29 is 26.3 Å². The molecule has 1 aromatic heterocycles. The molecule has 0 amide bonds. The minimum absolute atomic E-state index is 0.113. The standard InChI is InChI=1S/C10H11F6NS/c11-9(12,13)8(10(14,15)16)7(17)4-3-6-2-1-5-18-6/h1-2,5,7-8H,3-4,17H2. The maximum Gasteiger partial charge on any atom is 0.401 e. The zero-order chi connectivity index (χ0) is 14.0. The Balaban J connectivity index is 2.69. The SMILES string of the molecule is NC(CCc1cccs1)C(C(F)(F)F)C(F)(F)F. The number of alkyl halides is 6. The monoisotopic (exact) mass is 291 g/mol. The first-order valence-corrected chi connectivity index (χ1v) is 5.91. The van der Waals surface area contributed by atoms with Crippen molar-refractivity contribution in [1.29, 1.82) is 0 Å². The Labute approximate surface area is 104 Å². The summed E-state index contributed by atoms with van der Waals surface area (Å²) in [5, 5.41) is 1.70. The van der Waals surface area contributed by atoms with Crippen molar-refractivity contribution in [2.45, 2.75) is 31.2 Å². The van der Waals surface area contributed by atoms with Gasteiger partial charge in [0.05, 0.1) is 0 Å². The van der Waals surface area contributed by atoms with Crippen molar-refractivity contribution >= 4 is 11.3 Å². The van der Waals surface area contributed by atoms with Crippen molar-refractivity contribution in [3.8, 4) is 0 Å². The third-order valence-electron chi connectivity index (χ3n) is 2.44. The first-order chi connectivity index (χ1) is 8.12. The average molecular weight is 291 g/mol. The molecule has 0 saturated carbocycles. The van der Waals surface area contributed by atoms with E-state index in [1.807, 2.05) is 0 Å². The molecule has 0 spiro atoms. The first-order valence-electron chi connectivity index (χ1n) is 5.03. The predicted octanol–water partition coefficient (Wildman–Crippen LogP) is 3.75. The highest BCUT2D eigenvalue weighted by Crippen LogP contribution is 2.41. The molecule has 0 bridgehead atoms. The molecule has 0 aliphatic rings. The summed E-state index contributed by atoms with van der Waals surface area (Å²) in [6.45, 7) is 0. The second-order valence-electron chi connectivity index (χ2n) is 3.84. The zero-order valence-electron chi connectivity index (χ0n) is 9.05. The van der Waals surface area contributed by atoms with Crippen LogP contribution in [0, 0.1) is 5.92 Å². The van der Waals surface area contributed by atoms with Gasteiger partial charge < -0.3 is 5.73 Å². The van der Waals surface area contributed by atoms with Crippen molar-refractivity contribution in [2.24, 2.45) is 11.7 Å². The van der Waals surface area contributed by atoms with E-state index < -0.39 is 24.3 Å². The van der Waals surface area contributed by atoms with Gasteiger partial charge in [0.15, 0.2) is 5.92 Å². The highest BCUT2D eigenvalue weighted by Gasteiger charge is 2.59. The van der Waals surface area contributed by atoms with Gasteiger partial charge in [0.1, 0.15) is 0 Å². The number of hydrogen-bond donors (Lipinski definition) is 1. The van der Waals surface area contributed by atoms with E-state index in [9.17, 15) is 26.3 Å². The van der Waals surface area contributed by atoms with Gasteiger partial charge in [-0.3, -0.25) is 0 Å². The molecule has 8 heteroatoms. The van der Waals surface area contributed by atoms with E-state index in [1.54, 1.807) is 17.5 Å². The van der Waals surface area contributed by atoms with Crippen LogP contribution < -0.4 is 5.73 Å². The Morgan fingerprint density at radius 2 is 1.67 bits per heavy atom. The molecule has 0 radical (unpaired) electrons. The molecule has 0 aromatic carbocycles. The maximum absolute atomic E-state index is 12.3. The van der Waals surface area contributed by atoms with Crippen molar-refractivity contribution in [3.05, 3.63) is 22.4 Å². The number of rotatable bonds is 4. The molecule has 0 fully saturated rings. The Bertz CT molecular complexity index is 341. The maximum atomic E-state index is 12.3. The highest BCUT2D eigenvalue weighted by atomic mass is 32.1. The molecule has 1 aromatic rings. The fraction of sp³-hybridized carbons (Fsp3) is 0.600. The summed E-state index contributed by atoms with van der Waals surface area (Å²) in [7, 11) is 0. The normalized spacial score (nSPS) is 15.1. The fourth-order valence-electron chi connectivity index (χ4n) is 1.60. The van der Waals surface area contributed by atoms with Crippen LogP contribution in [-0.4, -0.2) is 18.4 Å². The van der Waals surface area contributed by atoms with E-state index in [-0.39, 0.29) is 12.8 Å². The Kier molecular flexibility index (Phi) is 4.66. The molecule has 104 valence electrons. The van der Waals surface area contributed by atoms with E-state index in [0.29, 0.717) is 4.88 Å². The first kappa shape index (κ1) is 15.3. The van der Waals surface area contributed by atoms with E-state index in [4.69, 9.17) is 5.73 Å². The molecule has 1 nitrogen and oxygen atoms in total. The van der Waals surface area contributed by atoms with Crippen molar-refractivity contribution in [1.82, 2.24) is 0 Å². The molecule has 0 aliphatic carbocycles. The van der Waals surface area contributed by atoms with E-state index in [1.165, 1.54) is 11.3 Å². The van der Waals surface area contributed by atoms with Gasteiger partial charge in [0.25, 0.3) is 0 Å². The topological polar surface area (TPSA) is 26.0 Å². The van der Waals surface area contributed by atoms with Crippen LogP contribution in [0.5, 0.6) is 0 Å². The molecule has 1 rings (SSSR count). The lowest BCUT2D eigenvalue weighted by atomic mass is 9.95. The second kappa shape index (κ2) is 5.48. The van der Waals surface area contributed by atoms with E-state index in [0.717, 1.165) is 0 Å². The van der Waals surface area contributed by atoms with Crippen LogP contribution in [0.15, 0.2) is 17.5 Å². The molecule has 2 N–H and O–H groups in total. The number of hydrogen-bond acceptors (Lipinski definition) is 2. The quantitative estimate of drug-likeness (QED) is 0.840. The largest absolute Gasteiger partial charge is 0.401 e. The van der Waals surface area contributed by atoms with E-state index in [2.05, 4.69) is 0 Å². The summed E-state index contributed by atoms with van der Waals surface area (Å²) in [6.07, 6.45) is -11.0. The van der Waals surface area contributed by atoms with E-state index >= 15 is 0 Å². The lowest BCUT2D eigenvalue weighted by molar-refractivity contribution is -0.289. The lowest BCUT2D eigenvalue weighted by Gasteiger charge is -2.28. The van der Waals surface area contributed by atoms with Crippen LogP contribution >= 0.6 is 11.3 Å². The van der Waals surface area contributed by atoms with Crippen LogP contribution in [0.4, 0.5) is 26.3 Å². The Morgan fingerprint density at radius 3 is 2.06 bits per heavy atom. The van der Waals surface area contributed by atoms with Crippen LogP contribution in [0.25, 0.3) is 0 Å². The number of halogens is 6. The number of nitrogens with two attached hydrogens (primary N) is 1. The van der Waals surface area contributed by atoms with Crippen LogP contribution in [-0.2, 0) is 6.42 Å². The summed E-state index contributed by atoms with van der Waals surface area (Å²) in [4.78, 5) is 0.716. The molecule has 0 saturated heterocycles.